The Hall–Kier alpha value is -2.81. The zero-order chi connectivity index (χ0) is 15.4. The Bertz CT molecular complexity index is 715. The molecule has 21 heavy (non-hydrogen) atoms. The van der Waals surface area contributed by atoms with Gasteiger partial charge in [-0.05, 0) is 29.8 Å². The molecule has 0 bridgehead atoms. The van der Waals surface area contributed by atoms with Crippen molar-refractivity contribution in [3.63, 3.8) is 0 Å². The second kappa shape index (κ2) is 6.09. The van der Waals surface area contributed by atoms with E-state index in [0.29, 0.717) is 23.3 Å². The van der Waals surface area contributed by atoms with E-state index in [9.17, 15) is 18.0 Å². The van der Waals surface area contributed by atoms with Gasteiger partial charge in [-0.1, -0.05) is 12.1 Å². The van der Waals surface area contributed by atoms with E-state index >= 15 is 0 Å². The second-order valence-electron chi connectivity index (χ2n) is 4.25. The average Bonchev–Trinajstić information content (AvgIpc) is 2.50. The molecule has 2 aromatic rings. The number of benzene rings is 2. The van der Waals surface area contributed by atoms with E-state index in [2.05, 4.69) is 5.32 Å². The molecular weight excluding hydrogens is 281 g/mol. The Labute approximate surface area is 118 Å². The summed E-state index contributed by atoms with van der Waals surface area (Å²) in [6.07, 6.45) is 0. The standard InChI is InChI=1S/C15H9F3N2O/c16-12-5-11(6-13(17)14(12)18)15(21)20-8-10-3-1-2-9(4-10)7-19/h1-6H,8H2,(H,20,21). The van der Waals surface area contributed by atoms with Gasteiger partial charge < -0.3 is 5.32 Å². The van der Waals surface area contributed by atoms with Crippen LogP contribution in [-0.4, -0.2) is 5.91 Å². The SMILES string of the molecule is N#Cc1cccc(CNC(=O)c2cc(F)c(F)c(F)c2)c1. The van der Waals surface area contributed by atoms with Crippen LogP contribution < -0.4 is 5.32 Å². The lowest BCUT2D eigenvalue weighted by atomic mass is 10.1. The summed E-state index contributed by atoms with van der Waals surface area (Å²) in [7, 11) is 0. The van der Waals surface area contributed by atoms with E-state index in [-0.39, 0.29) is 12.1 Å². The van der Waals surface area contributed by atoms with Crippen molar-refractivity contribution in [1.82, 2.24) is 5.32 Å². The Morgan fingerprint density at radius 3 is 2.43 bits per heavy atom. The highest BCUT2D eigenvalue weighted by Crippen LogP contribution is 2.13. The highest BCUT2D eigenvalue weighted by molar-refractivity contribution is 5.94. The maximum absolute atomic E-state index is 13.0. The largest absolute Gasteiger partial charge is 0.348 e. The van der Waals surface area contributed by atoms with Crippen molar-refractivity contribution in [2.24, 2.45) is 0 Å². The van der Waals surface area contributed by atoms with Gasteiger partial charge in [-0.2, -0.15) is 5.26 Å². The molecule has 6 heteroatoms. The van der Waals surface area contributed by atoms with Crippen molar-refractivity contribution in [1.29, 1.82) is 5.26 Å². The number of amides is 1. The molecule has 3 nitrogen and oxygen atoms in total. The number of rotatable bonds is 3. The van der Waals surface area contributed by atoms with Crippen LogP contribution in [0.4, 0.5) is 13.2 Å². The molecule has 1 N–H and O–H groups in total. The minimum atomic E-state index is -1.62. The van der Waals surface area contributed by atoms with Crippen LogP contribution in [0.25, 0.3) is 0 Å². The van der Waals surface area contributed by atoms with E-state index in [1.165, 1.54) is 0 Å². The van der Waals surface area contributed by atoms with Crippen LogP contribution >= 0.6 is 0 Å². The molecule has 0 spiro atoms. The lowest BCUT2D eigenvalue weighted by molar-refractivity contribution is 0.0949. The molecular formula is C15H9F3N2O. The molecule has 0 aliphatic carbocycles. The summed E-state index contributed by atoms with van der Waals surface area (Å²) < 4.78 is 38.9. The first-order valence-electron chi connectivity index (χ1n) is 5.93. The average molecular weight is 290 g/mol. The second-order valence-corrected chi connectivity index (χ2v) is 4.25. The van der Waals surface area contributed by atoms with Crippen molar-refractivity contribution < 1.29 is 18.0 Å². The highest BCUT2D eigenvalue weighted by Gasteiger charge is 2.14. The van der Waals surface area contributed by atoms with Gasteiger partial charge in [0.2, 0.25) is 0 Å². The number of hydrogen-bond donors (Lipinski definition) is 1. The number of nitriles is 1. The Balaban J connectivity index is 2.10. The molecule has 0 aromatic heterocycles. The fourth-order valence-corrected chi connectivity index (χ4v) is 1.72. The fraction of sp³-hybridized carbons (Fsp3) is 0.0667. The zero-order valence-electron chi connectivity index (χ0n) is 10.7. The summed E-state index contributed by atoms with van der Waals surface area (Å²) >= 11 is 0. The lowest BCUT2D eigenvalue weighted by Gasteiger charge is -2.06. The predicted molar refractivity (Wildman–Crippen MR) is 68.6 cm³/mol. The topological polar surface area (TPSA) is 52.9 Å². The highest BCUT2D eigenvalue weighted by atomic mass is 19.2. The van der Waals surface area contributed by atoms with E-state index in [1.54, 1.807) is 24.3 Å². The van der Waals surface area contributed by atoms with Gasteiger partial charge >= 0.3 is 0 Å². The Morgan fingerprint density at radius 2 is 1.81 bits per heavy atom. The van der Waals surface area contributed by atoms with Crippen LogP contribution in [0.2, 0.25) is 0 Å². The number of hydrogen-bond acceptors (Lipinski definition) is 2. The summed E-state index contributed by atoms with van der Waals surface area (Å²) in [6, 6.07) is 9.72. The number of nitrogens with zero attached hydrogens (tertiary/aromatic N) is 1. The maximum Gasteiger partial charge on any atom is 0.251 e. The molecule has 1 amide bonds. The van der Waals surface area contributed by atoms with Crippen LogP contribution in [0.15, 0.2) is 36.4 Å². The third-order valence-corrected chi connectivity index (χ3v) is 2.76. The monoisotopic (exact) mass is 290 g/mol. The molecule has 0 radical (unpaired) electrons. The minimum Gasteiger partial charge on any atom is -0.348 e. The van der Waals surface area contributed by atoms with E-state index in [1.807, 2.05) is 6.07 Å². The summed E-state index contributed by atoms with van der Waals surface area (Å²) in [5.41, 5.74) is 0.772. The molecule has 0 unspecified atom stereocenters. The molecule has 106 valence electrons. The van der Waals surface area contributed by atoms with Crippen LogP contribution in [0.3, 0.4) is 0 Å². The molecule has 0 saturated heterocycles. The van der Waals surface area contributed by atoms with Gasteiger partial charge in [0.05, 0.1) is 11.6 Å². The number of carbonyl (C=O) groups excluding carboxylic acids is 1. The van der Waals surface area contributed by atoms with Crippen molar-refractivity contribution >= 4 is 5.91 Å². The third kappa shape index (κ3) is 3.39. The Kier molecular flexibility index (Phi) is 4.24. The van der Waals surface area contributed by atoms with Crippen LogP contribution in [-0.2, 0) is 6.54 Å². The zero-order valence-corrected chi connectivity index (χ0v) is 10.7. The molecule has 0 heterocycles. The molecule has 0 aliphatic heterocycles. The van der Waals surface area contributed by atoms with Crippen LogP contribution in [0.5, 0.6) is 0 Å². The van der Waals surface area contributed by atoms with Gasteiger partial charge in [0.1, 0.15) is 0 Å². The van der Waals surface area contributed by atoms with Crippen LogP contribution in [0.1, 0.15) is 21.5 Å². The summed E-state index contributed by atoms with van der Waals surface area (Å²) in [6.45, 7) is 0.0783. The lowest BCUT2D eigenvalue weighted by Crippen LogP contribution is -2.23. The van der Waals surface area contributed by atoms with E-state index in [4.69, 9.17) is 5.26 Å². The van der Waals surface area contributed by atoms with E-state index in [0.717, 1.165) is 0 Å². The number of carbonyl (C=O) groups is 1. The van der Waals surface area contributed by atoms with Gasteiger partial charge in [-0.15, -0.1) is 0 Å². The first-order valence-corrected chi connectivity index (χ1v) is 5.93. The third-order valence-electron chi connectivity index (χ3n) is 2.76. The number of nitrogens with one attached hydrogen (secondary N) is 1. The molecule has 2 aromatic carbocycles. The smallest absolute Gasteiger partial charge is 0.251 e. The quantitative estimate of drug-likeness (QED) is 0.884. The molecule has 0 saturated carbocycles. The van der Waals surface area contributed by atoms with E-state index < -0.39 is 23.4 Å². The molecule has 0 atom stereocenters. The molecule has 2 rings (SSSR count). The minimum absolute atomic E-state index is 0.0783. The van der Waals surface area contributed by atoms with Gasteiger partial charge in [0.25, 0.3) is 5.91 Å². The predicted octanol–water partition coefficient (Wildman–Crippen LogP) is 2.91. The first kappa shape index (κ1) is 14.6. The van der Waals surface area contributed by atoms with Crippen molar-refractivity contribution in [3.8, 4) is 6.07 Å². The van der Waals surface area contributed by atoms with Gasteiger partial charge in [-0.25, -0.2) is 13.2 Å². The van der Waals surface area contributed by atoms with Gasteiger partial charge in [0.15, 0.2) is 17.5 Å². The fourth-order valence-electron chi connectivity index (χ4n) is 1.72. The normalized spacial score (nSPS) is 10.0. The molecule has 0 aliphatic rings. The van der Waals surface area contributed by atoms with Gasteiger partial charge in [-0.3, -0.25) is 4.79 Å². The summed E-state index contributed by atoms with van der Waals surface area (Å²) in [5.74, 6) is -5.21. The van der Waals surface area contributed by atoms with Gasteiger partial charge in [0, 0.05) is 12.1 Å². The maximum atomic E-state index is 13.0. The Morgan fingerprint density at radius 1 is 1.14 bits per heavy atom. The summed E-state index contributed by atoms with van der Waals surface area (Å²) in [4.78, 5) is 11.8. The van der Waals surface area contributed by atoms with Crippen LogP contribution in [0, 0.1) is 28.8 Å². The van der Waals surface area contributed by atoms with Crippen molar-refractivity contribution in [3.05, 3.63) is 70.5 Å². The number of halogens is 3. The first-order chi connectivity index (χ1) is 10.0. The van der Waals surface area contributed by atoms with Crippen molar-refractivity contribution in [2.75, 3.05) is 0 Å². The molecule has 0 fully saturated rings. The van der Waals surface area contributed by atoms with Crippen molar-refractivity contribution in [2.45, 2.75) is 6.54 Å². The summed E-state index contributed by atoms with van der Waals surface area (Å²) in [5, 5.41) is 11.2.